The van der Waals surface area contributed by atoms with E-state index in [1.165, 1.54) is 7.11 Å². The first kappa shape index (κ1) is 18.1. The van der Waals surface area contributed by atoms with Crippen molar-refractivity contribution in [1.82, 2.24) is 4.90 Å². The summed E-state index contributed by atoms with van der Waals surface area (Å²) >= 11 is 0. The number of nitrogens with zero attached hydrogens (tertiary/aromatic N) is 1. The Morgan fingerprint density at radius 2 is 1.79 bits per heavy atom. The Morgan fingerprint density at radius 1 is 1.11 bits per heavy atom. The van der Waals surface area contributed by atoms with Crippen molar-refractivity contribution in [2.75, 3.05) is 54.2 Å². The molecule has 0 fully saturated rings. The van der Waals surface area contributed by atoms with Crippen LogP contribution in [0.1, 0.15) is 19.8 Å². The largest absolute Gasteiger partial charge is 0.466 e. The van der Waals surface area contributed by atoms with E-state index in [2.05, 4.69) is 4.90 Å². The minimum absolute atomic E-state index is 0.244. The van der Waals surface area contributed by atoms with E-state index < -0.39 is 0 Å². The Bertz CT molecular complexity index is 266. The molecule has 0 saturated carbocycles. The first-order valence-corrected chi connectivity index (χ1v) is 6.67. The number of carbonyl (C=O) groups excluding carboxylic acids is 1. The molecular formula is C14H27NO4. The molecule has 0 atom stereocenters. The maximum absolute atomic E-state index is 11.5. The molecule has 0 N–H and O–H groups in total. The van der Waals surface area contributed by atoms with Crippen LogP contribution in [0.25, 0.3) is 0 Å². The Labute approximate surface area is 116 Å². The van der Waals surface area contributed by atoms with E-state index >= 15 is 0 Å². The minimum atomic E-state index is -0.244. The second kappa shape index (κ2) is 12.1. The van der Waals surface area contributed by atoms with Gasteiger partial charge in [0.05, 0.1) is 13.7 Å². The molecule has 0 aliphatic rings. The lowest BCUT2D eigenvalue weighted by atomic mass is 10.2. The van der Waals surface area contributed by atoms with E-state index in [1.54, 1.807) is 14.2 Å². The van der Waals surface area contributed by atoms with Gasteiger partial charge in [-0.25, -0.2) is 4.79 Å². The predicted octanol–water partition coefficient (Wildman–Crippen LogP) is 1.48. The molecule has 5 heteroatoms. The van der Waals surface area contributed by atoms with Crippen molar-refractivity contribution in [1.29, 1.82) is 0 Å². The molecule has 0 aromatic carbocycles. The van der Waals surface area contributed by atoms with Crippen molar-refractivity contribution in [2.45, 2.75) is 19.8 Å². The molecule has 0 aliphatic carbocycles. The second-order valence-electron chi connectivity index (χ2n) is 4.21. The number of ether oxygens (including phenoxy) is 3. The summed E-state index contributed by atoms with van der Waals surface area (Å²) in [7, 11) is 4.80. The molecule has 19 heavy (non-hydrogen) atoms. The Hall–Kier alpha value is -0.910. The summed E-state index contributed by atoms with van der Waals surface area (Å²) < 4.78 is 14.9. The van der Waals surface area contributed by atoms with Crippen molar-refractivity contribution in [3.8, 4) is 0 Å². The Kier molecular flexibility index (Phi) is 11.6. The summed E-state index contributed by atoms with van der Waals surface area (Å²) in [5.74, 6) is -0.244. The molecular weight excluding hydrogens is 246 g/mol. The number of esters is 1. The van der Waals surface area contributed by atoms with Gasteiger partial charge in [-0.2, -0.15) is 0 Å². The van der Waals surface area contributed by atoms with Gasteiger partial charge in [0.2, 0.25) is 0 Å². The smallest absolute Gasteiger partial charge is 0.333 e. The van der Waals surface area contributed by atoms with E-state index in [-0.39, 0.29) is 5.97 Å². The van der Waals surface area contributed by atoms with Crippen LogP contribution in [0.2, 0.25) is 0 Å². The first-order valence-electron chi connectivity index (χ1n) is 6.67. The average Bonchev–Trinajstić information content (AvgIpc) is 2.44. The summed E-state index contributed by atoms with van der Waals surface area (Å²) in [4.78, 5) is 13.7. The van der Waals surface area contributed by atoms with Gasteiger partial charge in [-0.3, -0.25) is 4.90 Å². The molecule has 0 aromatic heterocycles. The number of rotatable bonds is 11. The van der Waals surface area contributed by atoms with E-state index in [4.69, 9.17) is 14.2 Å². The van der Waals surface area contributed by atoms with Crippen LogP contribution in [-0.4, -0.2) is 65.0 Å². The summed E-state index contributed by atoms with van der Waals surface area (Å²) in [6, 6.07) is 0. The van der Waals surface area contributed by atoms with Gasteiger partial charge in [-0.1, -0.05) is 13.0 Å². The van der Waals surface area contributed by atoms with Crippen LogP contribution in [-0.2, 0) is 19.0 Å². The lowest BCUT2D eigenvalue weighted by Crippen LogP contribution is -2.29. The number of carbonyl (C=O) groups is 1. The second-order valence-corrected chi connectivity index (χ2v) is 4.21. The van der Waals surface area contributed by atoms with Gasteiger partial charge in [0.15, 0.2) is 0 Å². The molecule has 0 aromatic rings. The van der Waals surface area contributed by atoms with E-state index in [9.17, 15) is 4.79 Å². The van der Waals surface area contributed by atoms with Crippen LogP contribution in [0.4, 0.5) is 0 Å². The number of hydrogen-bond donors (Lipinski definition) is 0. The molecule has 0 radical (unpaired) electrons. The molecule has 0 aliphatic heterocycles. The van der Waals surface area contributed by atoms with E-state index in [0.29, 0.717) is 13.0 Å². The van der Waals surface area contributed by atoms with Crippen LogP contribution >= 0.6 is 0 Å². The van der Waals surface area contributed by atoms with Gasteiger partial charge < -0.3 is 14.2 Å². The molecule has 0 amide bonds. The summed E-state index contributed by atoms with van der Waals surface area (Å²) in [5.41, 5.74) is 0.719. The lowest BCUT2D eigenvalue weighted by Gasteiger charge is -2.20. The third-order valence-electron chi connectivity index (χ3n) is 2.86. The number of hydrogen-bond acceptors (Lipinski definition) is 5. The summed E-state index contributed by atoms with van der Waals surface area (Å²) in [6.45, 7) is 5.87. The van der Waals surface area contributed by atoms with Crippen LogP contribution in [0.3, 0.4) is 0 Å². The van der Waals surface area contributed by atoms with Gasteiger partial charge in [0.25, 0.3) is 0 Å². The van der Waals surface area contributed by atoms with Gasteiger partial charge >= 0.3 is 5.97 Å². The molecule has 0 heterocycles. The third kappa shape index (κ3) is 8.75. The topological polar surface area (TPSA) is 48.0 Å². The van der Waals surface area contributed by atoms with E-state index in [0.717, 1.165) is 38.2 Å². The average molecular weight is 273 g/mol. The molecule has 112 valence electrons. The fraction of sp³-hybridized carbons (Fsp3) is 0.786. The summed E-state index contributed by atoms with van der Waals surface area (Å²) in [6.07, 6.45) is 3.59. The highest BCUT2D eigenvalue weighted by Crippen LogP contribution is 2.04. The van der Waals surface area contributed by atoms with Crippen molar-refractivity contribution in [3.63, 3.8) is 0 Å². The quantitative estimate of drug-likeness (QED) is 0.324. The Morgan fingerprint density at radius 3 is 2.32 bits per heavy atom. The van der Waals surface area contributed by atoms with Crippen LogP contribution in [0.5, 0.6) is 0 Å². The summed E-state index contributed by atoms with van der Waals surface area (Å²) in [5, 5.41) is 0. The van der Waals surface area contributed by atoms with Crippen molar-refractivity contribution < 1.29 is 19.0 Å². The SMILES string of the molecule is CCC(=CCN(CCCOC)CCOC)C(=O)OC. The highest BCUT2D eigenvalue weighted by Gasteiger charge is 2.08. The third-order valence-corrected chi connectivity index (χ3v) is 2.86. The van der Waals surface area contributed by atoms with Crippen molar-refractivity contribution >= 4 is 5.97 Å². The molecule has 0 saturated heterocycles. The standard InChI is InChI=1S/C14H27NO4/c1-5-13(14(16)19-4)7-9-15(10-12-18-3)8-6-11-17-2/h7H,5-6,8-12H2,1-4H3. The molecule has 0 unspecified atom stereocenters. The fourth-order valence-electron chi connectivity index (χ4n) is 1.69. The molecule has 0 bridgehead atoms. The Balaban J connectivity index is 4.34. The lowest BCUT2D eigenvalue weighted by molar-refractivity contribution is -0.136. The monoisotopic (exact) mass is 273 g/mol. The normalized spacial score (nSPS) is 11.9. The predicted molar refractivity (Wildman–Crippen MR) is 75.2 cm³/mol. The zero-order valence-corrected chi connectivity index (χ0v) is 12.6. The van der Waals surface area contributed by atoms with Crippen LogP contribution in [0, 0.1) is 0 Å². The maximum atomic E-state index is 11.5. The molecule has 0 rings (SSSR count). The highest BCUT2D eigenvalue weighted by atomic mass is 16.5. The number of methoxy groups -OCH3 is 3. The van der Waals surface area contributed by atoms with Gasteiger partial charge in [-0.15, -0.1) is 0 Å². The first-order chi connectivity index (χ1) is 9.19. The minimum Gasteiger partial charge on any atom is -0.466 e. The zero-order chi connectivity index (χ0) is 14.5. The van der Waals surface area contributed by atoms with Gasteiger partial charge in [0, 0.05) is 46.0 Å². The maximum Gasteiger partial charge on any atom is 0.333 e. The zero-order valence-electron chi connectivity index (χ0n) is 12.6. The van der Waals surface area contributed by atoms with Crippen LogP contribution < -0.4 is 0 Å². The van der Waals surface area contributed by atoms with Crippen LogP contribution in [0.15, 0.2) is 11.6 Å². The van der Waals surface area contributed by atoms with Gasteiger partial charge in [-0.05, 0) is 12.8 Å². The molecule has 0 spiro atoms. The van der Waals surface area contributed by atoms with E-state index in [1.807, 2.05) is 13.0 Å². The van der Waals surface area contributed by atoms with Gasteiger partial charge in [0.1, 0.15) is 0 Å². The highest BCUT2D eigenvalue weighted by molar-refractivity contribution is 5.88. The van der Waals surface area contributed by atoms with Crippen molar-refractivity contribution in [3.05, 3.63) is 11.6 Å². The molecule has 5 nitrogen and oxygen atoms in total. The van der Waals surface area contributed by atoms with Crippen molar-refractivity contribution in [2.24, 2.45) is 0 Å². The fourth-order valence-corrected chi connectivity index (χ4v) is 1.69.